The van der Waals surface area contributed by atoms with E-state index in [2.05, 4.69) is 0 Å². The largest absolute Gasteiger partial charge is 0.497 e. The van der Waals surface area contributed by atoms with Crippen LogP contribution in [0.1, 0.15) is 25.3 Å². The molecule has 0 saturated carbocycles. The van der Waals surface area contributed by atoms with E-state index in [9.17, 15) is 14.7 Å². The van der Waals surface area contributed by atoms with Crippen LogP contribution in [0.5, 0.6) is 5.75 Å². The van der Waals surface area contributed by atoms with Gasteiger partial charge in [-0.2, -0.15) is 0 Å². The average Bonchev–Trinajstić information content (AvgIpc) is 2.48. The molecule has 5 nitrogen and oxygen atoms in total. The zero-order valence-electron chi connectivity index (χ0n) is 12.5. The second kappa shape index (κ2) is 6.16. The number of hydrogen-bond donors (Lipinski definition) is 1. The third-order valence-electron chi connectivity index (χ3n) is 4.32. The zero-order valence-corrected chi connectivity index (χ0v) is 12.5. The Bertz CT molecular complexity index is 516. The minimum Gasteiger partial charge on any atom is -0.497 e. The molecule has 0 aromatic heterocycles. The first-order chi connectivity index (χ1) is 9.97. The number of carbonyl (C=O) groups excluding carboxylic acids is 1. The van der Waals surface area contributed by atoms with E-state index >= 15 is 0 Å². The summed E-state index contributed by atoms with van der Waals surface area (Å²) < 4.78 is 5.11. The van der Waals surface area contributed by atoms with Crippen molar-refractivity contribution in [2.24, 2.45) is 5.41 Å². The average molecular weight is 291 g/mol. The van der Waals surface area contributed by atoms with Gasteiger partial charge in [0.15, 0.2) is 0 Å². The van der Waals surface area contributed by atoms with Gasteiger partial charge in [0.05, 0.1) is 12.5 Å². The molecule has 0 bridgehead atoms. The van der Waals surface area contributed by atoms with Gasteiger partial charge in [0, 0.05) is 20.0 Å². The van der Waals surface area contributed by atoms with Gasteiger partial charge in [-0.15, -0.1) is 0 Å². The topological polar surface area (TPSA) is 66.8 Å². The Kier molecular flexibility index (Phi) is 4.50. The molecule has 1 heterocycles. The number of nitrogens with zero attached hydrogens (tertiary/aromatic N) is 1. The molecule has 1 aliphatic heterocycles. The number of piperidine rings is 1. The third-order valence-corrected chi connectivity index (χ3v) is 4.32. The minimum atomic E-state index is -0.777. The Morgan fingerprint density at radius 1 is 1.24 bits per heavy atom. The van der Waals surface area contributed by atoms with Crippen LogP contribution in [0.2, 0.25) is 0 Å². The van der Waals surface area contributed by atoms with Gasteiger partial charge in [-0.3, -0.25) is 9.59 Å². The lowest BCUT2D eigenvalue weighted by Gasteiger charge is -2.38. The van der Waals surface area contributed by atoms with Gasteiger partial charge in [0.25, 0.3) is 0 Å². The van der Waals surface area contributed by atoms with E-state index in [0.29, 0.717) is 32.4 Å². The van der Waals surface area contributed by atoms with E-state index in [-0.39, 0.29) is 5.91 Å². The van der Waals surface area contributed by atoms with Gasteiger partial charge in [0.1, 0.15) is 5.75 Å². The summed E-state index contributed by atoms with van der Waals surface area (Å²) in [7, 11) is 1.60. The maximum Gasteiger partial charge on any atom is 0.310 e. The van der Waals surface area contributed by atoms with Crippen LogP contribution in [0.4, 0.5) is 0 Å². The lowest BCUT2D eigenvalue weighted by molar-refractivity contribution is -0.154. The van der Waals surface area contributed by atoms with Crippen LogP contribution in [0.25, 0.3) is 0 Å². The van der Waals surface area contributed by atoms with Crippen LogP contribution in [0.3, 0.4) is 0 Å². The number of methoxy groups -OCH3 is 1. The molecule has 114 valence electrons. The van der Waals surface area contributed by atoms with Crippen LogP contribution in [-0.4, -0.2) is 42.1 Å². The molecule has 0 radical (unpaired) electrons. The minimum absolute atomic E-state index is 0.0124. The molecule has 1 aromatic carbocycles. The Hall–Kier alpha value is -2.04. The second-order valence-electron chi connectivity index (χ2n) is 5.62. The van der Waals surface area contributed by atoms with Crippen molar-refractivity contribution in [2.45, 2.75) is 26.2 Å². The third kappa shape index (κ3) is 3.35. The summed E-state index contributed by atoms with van der Waals surface area (Å²) >= 11 is 0. The van der Waals surface area contributed by atoms with E-state index in [1.165, 1.54) is 6.92 Å². The Balaban J connectivity index is 2.12. The number of rotatable bonds is 4. The molecule has 2 rings (SSSR count). The molecule has 1 amide bonds. The van der Waals surface area contributed by atoms with Crippen molar-refractivity contribution in [3.63, 3.8) is 0 Å². The highest BCUT2D eigenvalue weighted by Gasteiger charge is 2.41. The van der Waals surface area contributed by atoms with Crippen LogP contribution < -0.4 is 4.74 Å². The van der Waals surface area contributed by atoms with Crippen molar-refractivity contribution in [1.82, 2.24) is 4.90 Å². The predicted octanol–water partition coefficient (Wildman–Crippen LogP) is 1.95. The first kappa shape index (κ1) is 15.4. The Labute approximate surface area is 124 Å². The molecule has 0 unspecified atom stereocenters. The normalized spacial score (nSPS) is 17.3. The molecule has 1 aromatic rings. The van der Waals surface area contributed by atoms with Crippen LogP contribution in [0.15, 0.2) is 24.3 Å². The first-order valence-corrected chi connectivity index (χ1v) is 7.09. The van der Waals surface area contributed by atoms with Gasteiger partial charge in [-0.1, -0.05) is 12.1 Å². The van der Waals surface area contributed by atoms with Crippen molar-refractivity contribution < 1.29 is 19.4 Å². The number of carbonyl (C=O) groups is 2. The molecule has 0 spiro atoms. The summed E-state index contributed by atoms with van der Waals surface area (Å²) in [6.07, 6.45) is 1.47. The lowest BCUT2D eigenvalue weighted by atomic mass is 9.74. The SMILES string of the molecule is COc1ccc(CC2(C(=O)O)CCN(C(C)=O)CC2)cc1. The Morgan fingerprint density at radius 3 is 2.24 bits per heavy atom. The molecule has 1 N–H and O–H groups in total. The molecule has 1 aliphatic rings. The summed E-state index contributed by atoms with van der Waals surface area (Å²) in [5, 5.41) is 9.65. The fraction of sp³-hybridized carbons (Fsp3) is 0.500. The molecule has 1 fully saturated rings. The quantitative estimate of drug-likeness (QED) is 0.920. The monoisotopic (exact) mass is 291 g/mol. The predicted molar refractivity (Wildman–Crippen MR) is 78.3 cm³/mol. The fourth-order valence-corrected chi connectivity index (χ4v) is 2.85. The van der Waals surface area contributed by atoms with Gasteiger partial charge >= 0.3 is 5.97 Å². The molecular formula is C16H21NO4. The molecule has 0 aliphatic carbocycles. The highest BCUT2D eigenvalue weighted by molar-refractivity contribution is 5.77. The highest BCUT2D eigenvalue weighted by Crippen LogP contribution is 2.36. The number of hydrogen-bond acceptors (Lipinski definition) is 3. The number of carboxylic acids is 1. The molecule has 1 saturated heterocycles. The summed E-state index contributed by atoms with van der Waals surface area (Å²) in [6, 6.07) is 7.49. The number of likely N-dealkylation sites (tertiary alicyclic amines) is 1. The second-order valence-corrected chi connectivity index (χ2v) is 5.62. The van der Waals surface area contributed by atoms with Crippen molar-refractivity contribution in [1.29, 1.82) is 0 Å². The van der Waals surface area contributed by atoms with Crippen LogP contribution >= 0.6 is 0 Å². The van der Waals surface area contributed by atoms with Crippen LogP contribution in [0, 0.1) is 5.41 Å². The zero-order chi connectivity index (χ0) is 15.5. The number of benzene rings is 1. The summed E-state index contributed by atoms with van der Waals surface area (Å²) in [4.78, 5) is 24.8. The van der Waals surface area contributed by atoms with Crippen LogP contribution in [-0.2, 0) is 16.0 Å². The smallest absolute Gasteiger partial charge is 0.310 e. The number of aliphatic carboxylic acids is 1. The van der Waals surface area contributed by atoms with Crippen molar-refractivity contribution >= 4 is 11.9 Å². The number of ether oxygens (including phenoxy) is 1. The first-order valence-electron chi connectivity index (χ1n) is 7.09. The molecule has 21 heavy (non-hydrogen) atoms. The maximum atomic E-state index is 11.8. The number of amides is 1. The maximum absolute atomic E-state index is 11.8. The number of carboxylic acid groups (broad SMARTS) is 1. The van der Waals surface area contributed by atoms with Gasteiger partial charge in [-0.25, -0.2) is 0 Å². The Morgan fingerprint density at radius 2 is 1.81 bits per heavy atom. The van der Waals surface area contributed by atoms with Crippen molar-refractivity contribution in [2.75, 3.05) is 20.2 Å². The standard InChI is InChI=1S/C16H21NO4/c1-12(18)17-9-7-16(8-10-17,15(19)20)11-13-3-5-14(21-2)6-4-13/h3-6H,7-11H2,1-2H3,(H,19,20). The van der Waals surface area contributed by atoms with Gasteiger partial charge in [-0.05, 0) is 37.0 Å². The van der Waals surface area contributed by atoms with E-state index in [4.69, 9.17) is 4.74 Å². The molecule has 5 heteroatoms. The molecule has 0 atom stereocenters. The lowest BCUT2D eigenvalue weighted by Crippen LogP contribution is -2.47. The van der Waals surface area contributed by atoms with E-state index in [1.807, 2.05) is 24.3 Å². The fourth-order valence-electron chi connectivity index (χ4n) is 2.85. The van der Waals surface area contributed by atoms with Crippen molar-refractivity contribution in [3.05, 3.63) is 29.8 Å². The highest BCUT2D eigenvalue weighted by atomic mass is 16.5. The van der Waals surface area contributed by atoms with Gasteiger partial charge in [0.2, 0.25) is 5.91 Å². The van der Waals surface area contributed by atoms with E-state index in [1.54, 1.807) is 12.0 Å². The van der Waals surface area contributed by atoms with Crippen molar-refractivity contribution in [3.8, 4) is 5.75 Å². The summed E-state index contributed by atoms with van der Waals surface area (Å²) in [5.74, 6) is -0.00511. The molecular weight excluding hydrogens is 270 g/mol. The summed E-state index contributed by atoms with van der Waals surface area (Å²) in [6.45, 7) is 2.55. The van der Waals surface area contributed by atoms with E-state index in [0.717, 1.165) is 11.3 Å². The van der Waals surface area contributed by atoms with E-state index < -0.39 is 11.4 Å². The van der Waals surface area contributed by atoms with Gasteiger partial charge < -0.3 is 14.7 Å². The summed E-state index contributed by atoms with van der Waals surface area (Å²) in [5.41, 5.74) is 0.204.